The van der Waals surface area contributed by atoms with Gasteiger partial charge in [-0.05, 0) is 13.8 Å². The first-order valence-electron chi connectivity index (χ1n) is 5.24. The van der Waals surface area contributed by atoms with Crippen LogP contribution in [0.2, 0.25) is 0 Å². The fraction of sp³-hybridized carbons (Fsp3) is 1.00. The van der Waals surface area contributed by atoms with Crippen LogP contribution >= 0.6 is 0 Å². The van der Waals surface area contributed by atoms with Gasteiger partial charge in [0.2, 0.25) is 0 Å². The van der Waals surface area contributed by atoms with Gasteiger partial charge in [-0.2, -0.15) is 0 Å². The molecule has 0 aromatic rings. The predicted octanol–water partition coefficient (Wildman–Crippen LogP) is -2.03. The van der Waals surface area contributed by atoms with Crippen molar-refractivity contribution < 1.29 is 46.9 Å². The molecular weight excluding hydrogens is 266 g/mol. The second-order valence-corrected chi connectivity index (χ2v) is 3.48. The zero-order valence-corrected chi connectivity index (χ0v) is 12.0. The Morgan fingerprint density at radius 3 is 1.29 bits per heavy atom. The molecular formula is C9H24NO6Ti. The van der Waals surface area contributed by atoms with Crippen LogP contribution in [0.3, 0.4) is 0 Å². The Bertz CT molecular complexity index is 122. The van der Waals surface area contributed by atoms with Crippen molar-refractivity contribution in [2.24, 2.45) is 0 Å². The molecule has 0 aliphatic heterocycles. The Labute approximate surface area is 111 Å². The van der Waals surface area contributed by atoms with Crippen LogP contribution in [0.5, 0.6) is 0 Å². The van der Waals surface area contributed by atoms with Crippen molar-refractivity contribution in [2.45, 2.75) is 20.0 Å². The fourth-order valence-electron chi connectivity index (χ4n) is 0.760. The monoisotopic (exact) mass is 290 g/mol. The normalized spacial score (nSPS) is 9.00. The van der Waals surface area contributed by atoms with Crippen molar-refractivity contribution >= 4 is 0 Å². The minimum absolute atomic E-state index is 0.0694. The van der Waals surface area contributed by atoms with Gasteiger partial charge in [0.25, 0.3) is 0 Å². The van der Waals surface area contributed by atoms with Crippen LogP contribution in [0.1, 0.15) is 13.8 Å². The molecule has 0 atom stereocenters. The zero-order chi connectivity index (χ0) is 14.1. The van der Waals surface area contributed by atoms with Crippen molar-refractivity contribution in [3.8, 4) is 0 Å². The van der Waals surface area contributed by atoms with Gasteiger partial charge in [0.1, 0.15) is 0 Å². The van der Waals surface area contributed by atoms with E-state index in [4.69, 9.17) is 27.4 Å². The molecule has 0 saturated heterocycles. The summed E-state index contributed by atoms with van der Waals surface area (Å²) in [5.41, 5.74) is 0. The molecule has 0 aliphatic rings. The molecule has 5 N–H and O–H groups in total. The summed E-state index contributed by atoms with van der Waals surface area (Å²) in [7, 11) is 0. The van der Waals surface area contributed by atoms with Gasteiger partial charge in [0.15, 0.2) is 0 Å². The van der Waals surface area contributed by atoms with E-state index in [2.05, 4.69) is 0 Å². The molecule has 0 unspecified atom stereocenters. The molecule has 0 aromatic heterocycles. The van der Waals surface area contributed by atoms with Gasteiger partial charge in [0, 0.05) is 25.7 Å². The molecule has 0 radical (unpaired) electrons. The van der Waals surface area contributed by atoms with Crippen molar-refractivity contribution in [2.75, 3.05) is 39.5 Å². The summed E-state index contributed by atoms with van der Waals surface area (Å²) in [6.45, 7) is 5.20. The van der Waals surface area contributed by atoms with Crippen molar-refractivity contribution in [1.29, 1.82) is 0 Å². The van der Waals surface area contributed by atoms with E-state index in [1.807, 2.05) is 0 Å². The third-order valence-electron chi connectivity index (χ3n) is 1.25. The first kappa shape index (κ1) is 22.5. The Kier molecular flexibility index (Phi) is 28.5. The van der Waals surface area contributed by atoms with E-state index in [-0.39, 0.29) is 25.9 Å². The van der Waals surface area contributed by atoms with Crippen LogP contribution < -0.4 is 0 Å². The summed E-state index contributed by atoms with van der Waals surface area (Å²) < 4.78 is 15.8. The second-order valence-electron chi connectivity index (χ2n) is 3.20. The molecule has 0 amide bonds. The molecule has 0 fully saturated rings. The Morgan fingerprint density at radius 1 is 1.00 bits per heavy atom. The molecule has 0 aliphatic carbocycles. The predicted molar refractivity (Wildman–Crippen MR) is 58.0 cm³/mol. The molecule has 7 nitrogen and oxygen atoms in total. The van der Waals surface area contributed by atoms with E-state index in [9.17, 15) is 0 Å². The van der Waals surface area contributed by atoms with Crippen LogP contribution in [0.4, 0.5) is 0 Å². The third kappa shape index (κ3) is 38.6. The van der Waals surface area contributed by atoms with Gasteiger partial charge in [-0.3, -0.25) is 4.90 Å². The molecule has 0 bridgehead atoms. The van der Waals surface area contributed by atoms with Crippen LogP contribution in [-0.4, -0.2) is 74.6 Å². The van der Waals surface area contributed by atoms with E-state index in [0.717, 1.165) is 0 Å². The van der Waals surface area contributed by atoms with Crippen molar-refractivity contribution in [1.82, 2.24) is 4.90 Å². The van der Waals surface area contributed by atoms with E-state index < -0.39 is 19.5 Å². The van der Waals surface area contributed by atoms with Crippen LogP contribution in [0.25, 0.3) is 0 Å². The molecule has 0 spiro atoms. The topological polar surface area (TPSA) is 121 Å². The molecule has 8 heteroatoms. The third-order valence-corrected chi connectivity index (χ3v) is 1.25. The van der Waals surface area contributed by atoms with Gasteiger partial charge in [0.05, 0.1) is 19.8 Å². The number of aliphatic hydroxyl groups is 4. The van der Waals surface area contributed by atoms with Gasteiger partial charge in [-0.15, -0.1) is 0 Å². The molecule has 0 heterocycles. The average molecular weight is 290 g/mol. The minimum atomic E-state index is -1.75. The maximum absolute atomic E-state index is 8.61. The first-order chi connectivity index (χ1) is 7.99. The fourth-order valence-corrected chi connectivity index (χ4v) is 0.760. The molecule has 17 heavy (non-hydrogen) atoms. The Balaban J connectivity index is -0.000000232. The van der Waals surface area contributed by atoms with E-state index in [0.29, 0.717) is 19.6 Å². The molecule has 0 aromatic carbocycles. The Hall–Kier alpha value is 0.274. The average Bonchev–Trinajstić information content (AvgIpc) is 2.19. The summed E-state index contributed by atoms with van der Waals surface area (Å²) in [5.74, 6) is 0. The number of hydrogen-bond acceptors (Lipinski definition) is 6. The second kappa shape index (κ2) is 21.5. The number of aliphatic hydroxyl groups excluding tert-OH is 4. The van der Waals surface area contributed by atoms with Crippen molar-refractivity contribution in [3.05, 3.63) is 0 Å². The van der Waals surface area contributed by atoms with E-state index in [1.165, 1.54) is 0 Å². The zero-order valence-electron chi connectivity index (χ0n) is 10.4. The quantitative estimate of drug-likeness (QED) is 0.358. The summed E-state index contributed by atoms with van der Waals surface area (Å²) in [4.78, 5) is 1.79. The first-order valence-corrected chi connectivity index (χ1v) is 6.57. The molecule has 0 rings (SSSR count). The SMILES string of the molecule is CC(C)O.OCCN(CCO)CCO.[O]=[Ti][OH]. The number of rotatable bonds is 6. The maximum atomic E-state index is 8.61. The number of hydrogen-bond donors (Lipinski definition) is 5. The van der Waals surface area contributed by atoms with Crippen LogP contribution in [-0.2, 0) is 22.8 Å². The molecule has 0 saturated carbocycles. The standard InChI is InChI=1S/C6H15NO3.C3H8O.H2O.O.Ti/c8-4-1-7(2-5-9)3-6-10;1-3(2)4;;;/h8-10H,1-6H2;3-4H,1-2H3;1H2;;/q;;;;+1/p-1. The van der Waals surface area contributed by atoms with E-state index in [1.54, 1.807) is 18.7 Å². The van der Waals surface area contributed by atoms with Crippen LogP contribution in [0.15, 0.2) is 0 Å². The Morgan fingerprint density at radius 2 is 1.18 bits per heavy atom. The summed E-state index contributed by atoms with van der Waals surface area (Å²) in [6.07, 6.45) is -0.167. The molecule has 105 valence electrons. The van der Waals surface area contributed by atoms with Gasteiger partial charge in [-0.25, -0.2) is 0 Å². The van der Waals surface area contributed by atoms with Crippen LogP contribution in [0, 0.1) is 0 Å². The van der Waals surface area contributed by atoms with Crippen molar-refractivity contribution in [3.63, 3.8) is 0 Å². The van der Waals surface area contributed by atoms with Gasteiger partial charge in [-0.1, -0.05) is 0 Å². The number of nitrogens with zero attached hydrogens (tertiary/aromatic N) is 1. The summed E-state index contributed by atoms with van der Waals surface area (Å²) >= 11 is -1.75. The van der Waals surface area contributed by atoms with E-state index >= 15 is 0 Å². The van der Waals surface area contributed by atoms with Gasteiger partial charge >= 0.3 is 26.5 Å². The summed E-state index contributed by atoms with van der Waals surface area (Å²) in [5, 5.41) is 33.5. The summed E-state index contributed by atoms with van der Waals surface area (Å²) in [6, 6.07) is 0. The van der Waals surface area contributed by atoms with Gasteiger partial charge < -0.3 is 20.4 Å².